The zero-order valence-corrected chi connectivity index (χ0v) is 18.2. The van der Waals surface area contributed by atoms with E-state index < -0.39 is 9.84 Å². The number of aryl methyl sites for hydroxylation is 1. The van der Waals surface area contributed by atoms with Crippen LogP contribution in [0.5, 0.6) is 5.75 Å². The van der Waals surface area contributed by atoms with E-state index in [4.69, 9.17) is 4.74 Å². The molecule has 9 heteroatoms. The number of aliphatic imine (C=N–C) groups is 1. The smallest absolute Gasteiger partial charge is 0.252 e. The van der Waals surface area contributed by atoms with Crippen LogP contribution in [0.25, 0.3) is 0 Å². The van der Waals surface area contributed by atoms with Crippen LogP contribution >= 0.6 is 11.8 Å². The van der Waals surface area contributed by atoms with Gasteiger partial charge in [-0.05, 0) is 42.3 Å². The molecule has 0 N–H and O–H groups in total. The summed E-state index contributed by atoms with van der Waals surface area (Å²) in [5, 5.41) is 0.188. The number of fused-ring (bicyclic) bond motifs is 1. The Morgan fingerprint density at radius 3 is 2.63 bits per heavy atom. The summed E-state index contributed by atoms with van der Waals surface area (Å²) in [5.41, 5.74) is 1.80. The highest BCUT2D eigenvalue weighted by Gasteiger charge is 2.49. The molecule has 0 radical (unpaired) electrons. The molecule has 2 saturated heterocycles. The summed E-state index contributed by atoms with van der Waals surface area (Å²) in [6.07, 6.45) is 0.109. The van der Waals surface area contributed by atoms with Crippen LogP contribution in [0.3, 0.4) is 0 Å². The van der Waals surface area contributed by atoms with E-state index in [-0.39, 0.29) is 40.9 Å². The van der Waals surface area contributed by atoms with Crippen molar-refractivity contribution in [3.8, 4) is 5.75 Å². The van der Waals surface area contributed by atoms with E-state index >= 15 is 0 Å². The highest BCUT2D eigenvalue weighted by atomic mass is 32.2. The van der Waals surface area contributed by atoms with Gasteiger partial charge in [-0.15, -0.1) is 0 Å². The largest absolute Gasteiger partial charge is 0.497 e. The van der Waals surface area contributed by atoms with Gasteiger partial charge in [0, 0.05) is 10.9 Å². The van der Waals surface area contributed by atoms with Crippen LogP contribution in [0.4, 0.5) is 10.1 Å². The molecule has 0 aliphatic carbocycles. The van der Waals surface area contributed by atoms with Gasteiger partial charge in [0.05, 0.1) is 31.1 Å². The van der Waals surface area contributed by atoms with E-state index in [0.29, 0.717) is 22.2 Å². The van der Waals surface area contributed by atoms with Crippen LogP contribution in [0.2, 0.25) is 0 Å². The summed E-state index contributed by atoms with van der Waals surface area (Å²) in [4.78, 5) is 18.6. The minimum absolute atomic E-state index is 0.0267. The number of benzene rings is 2. The number of sulfone groups is 1. The van der Waals surface area contributed by atoms with Crippen molar-refractivity contribution in [3.05, 3.63) is 59.4 Å². The Labute approximate surface area is 179 Å². The molecule has 2 heterocycles. The number of nitrogens with zero attached hydrogens (tertiary/aromatic N) is 2. The average molecular weight is 449 g/mol. The predicted molar refractivity (Wildman–Crippen MR) is 117 cm³/mol. The first-order valence-corrected chi connectivity index (χ1v) is 12.1. The second-order valence-corrected chi connectivity index (χ2v) is 10.8. The SMILES string of the molecule is COc1ccc(CC(=O)N=C2S[C@@H]3CS(=O)(=O)C[C@H]3N2c2ccc(C)c(F)c2)cc1. The van der Waals surface area contributed by atoms with Gasteiger partial charge in [-0.2, -0.15) is 4.99 Å². The molecule has 2 aromatic rings. The molecule has 0 unspecified atom stereocenters. The van der Waals surface area contributed by atoms with Crippen LogP contribution in [0.1, 0.15) is 11.1 Å². The van der Waals surface area contributed by atoms with E-state index in [1.54, 1.807) is 55.3 Å². The molecule has 0 bridgehead atoms. The number of amidine groups is 1. The summed E-state index contributed by atoms with van der Waals surface area (Å²) in [6.45, 7) is 1.66. The summed E-state index contributed by atoms with van der Waals surface area (Å²) < 4.78 is 43.6. The van der Waals surface area contributed by atoms with Crippen molar-refractivity contribution in [1.82, 2.24) is 0 Å². The number of thioether (sulfide) groups is 1. The maximum Gasteiger partial charge on any atom is 0.252 e. The number of halogens is 1. The van der Waals surface area contributed by atoms with Crippen molar-refractivity contribution in [2.75, 3.05) is 23.5 Å². The minimum Gasteiger partial charge on any atom is -0.497 e. The molecule has 30 heavy (non-hydrogen) atoms. The number of hydrogen-bond donors (Lipinski definition) is 0. The zero-order chi connectivity index (χ0) is 21.5. The van der Waals surface area contributed by atoms with E-state index in [0.717, 1.165) is 5.56 Å². The van der Waals surface area contributed by atoms with Gasteiger partial charge in [0.25, 0.3) is 5.91 Å². The van der Waals surface area contributed by atoms with Crippen molar-refractivity contribution in [3.63, 3.8) is 0 Å². The Morgan fingerprint density at radius 2 is 1.97 bits per heavy atom. The molecule has 2 atom stereocenters. The van der Waals surface area contributed by atoms with Gasteiger partial charge < -0.3 is 9.64 Å². The molecule has 2 aromatic carbocycles. The van der Waals surface area contributed by atoms with Gasteiger partial charge in [0.2, 0.25) is 0 Å². The minimum atomic E-state index is -3.18. The van der Waals surface area contributed by atoms with Gasteiger partial charge in [0.15, 0.2) is 15.0 Å². The Hall–Kier alpha value is -2.39. The predicted octanol–water partition coefficient (Wildman–Crippen LogP) is 2.99. The number of carbonyl (C=O) groups excluding carboxylic acids is 1. The van der Waals surface area contributed by atoms with E-state index in [9.17, 15) is 17.6 Å². The lowest BCUT2D eigenvalue weighted by Crippen LogP contribution is -2.37. The van der Waals surface area contributed by atoms with Crippen LogP contribution in [0, 0.1) is 12.7 Å². The first kappa shape index (κ1) is 20.9. The maximum absolute atomic E-state index is 14.2. The summed E-state index contributed by atoms with van der Waals surface area (Å²) >= 11 is 1.27. The molecule has 158 valence electrons. The van der Waals surface area contributed by atoms with Gasteiger partial charge in [-0.25, -0.2) is 12.8 Å². The maximum atomic E-state index is 14.2. The molecule has 0 aromatic heterocycles. The number of ether oxygens (including phenoxy) is 1. The lowest BCUT2D eigenvalue weighted by molar-refractivity contribution is -0.117. The number of anilines is 1. The van der Waals surface area contributed by atoms with Gasteiger partial charge in [-0.1, -0.05) is 30.0 Å². The van der Waals surface area contributed by atoms with Gasteiger partial charge in [-0.3, -0.25) is 4.79 Å². The normalized spacial score (nSPS) is 23.6. The second-order valence-electron chi connectivity index (χ2n) is 7.42. The Kier molecular flexibility index (Phi) is 5.59. The quantitative estimate of drug-likeness (QED) is 0.716. The fourth-order valence-corrected chi connectivity index (χ4v) is 7.59. The molecular weight excluding hydrogens is 427 g/mol. The topological polar surface area (TPSA) is 76.0 Å². The lowest BCUT2D eigenvalue weighted by atomic mass is 10.1. The second kappa shape index (κ2) is 8.03. The third kappa shape index (κ3) is 4.22. The Morgan fingerprint density at radius 1 is 1.23 bits per heavy atom. The van der Waals surface area contributed by atoms with Crippen LogP contribution in [0.15, 0.2) is 47.5 Å². The Balaban J connectivity index is 1.62. The van der Waals surface area contributed by atoms with Crippen molar-refractivity contribution in [2.45, 2.75) is 24.6 Å². The fourth-order valence-electron chi connectivity index (χ4n) is 3.66. The molecule has 0 spiro atoms. The third-order valence-corrected chi connectivity index (χ3v) is 8.44. The Bertz CT molecular complexity index is 1120. The standard InChI is InChI=1S/C21H21FN2O4S2/c1-13-3-6-15(10-17(13)22)24-18-11-30(26,27)12-19(18)29-21(24)23-20(25)9-14-4-7-16(28-2)8-5-14/h3-8,10,18-19H,9,11-12H2,1-2H3/t18-,19-/m1/s1. The summed E-state index contributed by atoms with van der Waals surface area (Å²) in [6, 6.07) is 11.5. The molecule has 2 aliphatic heterocycles. The number of rotatable bonds is 4. The number of carbonyl (C=O) groups is 1. The molecule has 0 saturated carbocycles. The van der Waals surface area contributed by atoms with Gasteiger partial charge >= 0.3 is 0 Å². The zero-order valence-electron chi connectivity index (χ0n) is 16.5. The molecule has 2 aliphatic rings. The molecule has 2 fully saturated rings. The number of methoxy groups -OCH3 is 1. The van der Waals surface area contributed by atoms with Crippen molar-refractivity contribution >= 4 is 38.4 Å². The van der Waals surface area contributed by atoms with E-state index in [1.165, 1.54) is 17.8 Å². The van der Waals surface area contributed by atoms with Crippen LogP contribution in [-0.4, -0.2) is 49.4 Å². The van der Waals surface area contributed by atoms with Crippen molar-refractivity contribution < 1.29 is 22.3 Å². The highest BCUT2D eigenvalue weighted by molar-refractivity contribution is 8.16. The van der Waals surface area contributed by atoms with Crippen LogP contribution in [-0.2, 0) is 21.1 Å². The number of amides is 1. The van der Waals surface area contributed by atoms with E-state index in [1.807, 2.05) is 0 Å². The summed E-state index contributed by atoms with van der Waals surface area (Å²) in [5.74, 6) is -0.0377. The molecule has 4 rings (SSSR count). The van der Waals surface area contributed by atoms with Crippen molar-refractivity contribution in [1.29, 1.82) is 0 Å². The third-order valence-electron chi connectivity index (χ3n) is 5.23. The van der Waals surface area contributed by atoms with Crippen molar-refractivity contribution in [2.24, 2.45) is 4.99 Å². The molecule has 1 amide bonds. The fraction of sp³-hybridized carbons (Fsp3) is 0.333. The summed E-state index contributed by atoms with van der Waals surface area (Å²) in [7, 11) is -1.61. The lowest BCUT2D eigenvalue weighted by Gasteiger charge is -2.24. The average Bonchev–Trinajstić information content (AvgIpc) is 3.15. The molecule has 6 nitrogen and oxygen atoms in total. The number of hydrogen-bond acceptors (Lipinski definition) is 5. The first-order chi connectivity index (χ1) is 14.3. The van der Waals surface area contributed by atoms with Crippen LogP contribution < -0.4 is 9.64 Å². The first-order valence-electron chi connectivity index (χ1n) is 9.42. The van der Waals surface area contributed by atoms with E-state index in [2.05, 4.69) is 4.99 Å². The molecular formula is C21H21FN2O4S2. The highest BCUT2D eigenvalue weighted by Crippen LogP contribution is 2.41. The van der Waals surface area contributed by atoms with Gasteiger partial charge in [0.1, 0.15) is 11.6 Å². The monoisotopic (exact) mass is 448 g/mol.